The van der Waals surface area contributed by atoms with E-state index in [9.17, 15) is 0 Å². The molecular formula is C8H16N4. The molecule has 1 aliphatic heterocycles. The lowest BCUT2D eigenvalue weighted by molar-refractivity contribution is 0.172. The zero-order valence-corrected chi connectivity index (χ0v) is 8.37. The molecule has 0 N–H and O–H groups in total. The number of aliphatic imine (C=N–C) groups is 2. The lowest BCUT2D eigenvalue weighted by atomic mass is 10.4. The first-order valence-electron chi connectivity index (χ1n) is 4.01. The Balaban J connectivity index is 2.86. The van der Waals surface area contributed by atoms with Gasteiger partial charge in [-0.15, -0.1) is 0 Å². The Bertz CT molecular complexity index is 229. The van der Waals surface area contributed by atoms with Gasteiger partial charge in [0.25, 0.3) is 0 Å². The minimum Gasteiger partial charge on any atom is -0.329 e. The van der Waals surface area contributed by atoms with E-state index in [1.54, 1.807) is 0 Å². The van der Waals surface area contributed by atoms with E-state index >= 15 is 0 Å². The second-order valence-corrected chi connectivity index (χ2v) is 3.26. The summed E-state index contributed by atoms with van der Waals surface area (Å²) in [6.45, 7) is 3.92. The van der Waals surface area contributed by atoms with Crippen LogP contribution in [0, 0.1) is 0 Å². The summed E-state index contributed by atoms with van der Waals surface area (Å²) in [4.78, 5) is 12.8. The lowest BCUT2D eigenvalue weighted by Crippen LogP contribution is -2.46. The number of nitrogens with zero attached hydrogens (tertiary/aromatic N) is 4. The van der Waals surface area contributed by atoms with Gasteiger partial charge in [0.1, 0.15) is 11.7 Å². The minimum atomic E-state index is 0.0995. The van der Waals surface area contributed by atoms with Crippen LogP contribution in [0.3, 0.4) is 0 Å². The SMILES string of the molecule is CC1=NC(N(C)C)N(C)C(C)=N1. The van der Waals surface area contributed by atoms with Crippen molar-refractivity contribution >= 4 is 11.7 Å². The average Bonchev–Trinajstić information content (AvgIpc) is 1.96. The quantitative estimate of drug-likeness (QED) is 0.574. The summed E-state index contributed by atoms with van der Waals surface area (Å²) in [5.41, 5.74) is 0. The van der Waals surface area contributed by atoms with Gasteiger partial charge in [0.2, 0.25) is 0 Å². The molecule has 12 heavy (non-hydrogen) atoms. The number of amidine groups is 2. The molecular weight excluding hydrogens is 152 g/mol. The number of hydrogen-bond acceptors (Lipinski definition) is 4. The minimum absolute atomic E-state index is 0.0995. The summed E-state index contributed by atoms with van der Waals surface area (Å²) in [5.74, 6) is 1.87. The van der Waals surface area contributed by atoms with Crippen LogP contribution in [-0.2, 0) is 0 Å². The average molecular weight is 168 g/mol. The number of rotatable bonds is 1. The molecule has 0 bridgehead atoms. The van der Waals surface area contributed by atoms with E-state index < -0.39 is 0 Å². The van der Waals surface area contributed by atoms with Crippen molar-refractivity contribution in [1.82, 2.24) is 9.80 Å². The van der Waals surface area contributed by atoms with Gasteiger partial charge in [0, 0.05) is 7.05 Å². The van der Waals surface area contributed by atoms with Crippen molar-refractivity contribution < 1.29 is 0 Å². The lowest BCUT2D eigenvalue weighted by Gasteiger charge is -2.33. The summed E-state index contributed by atoms with van der Waals surface area (Å²) in [5, 5.41) is 0. The molecule has 0 aromatic carbocycles. The fourth-order valence-corrected chi connectivity index (χ4v) is 1.22. The summed E-state index contributed by atoms with van der Waals surface area (Å²) < 4.78 is 0. The third-order valence-electron chi connectivity index (χ3n) is 1.94. The van der Waals surface area contributed by atoms with E-state index in [1.807, 2.05) is 39.9 Å². The summed E-state index contributed by atoms with van der Waals surface area (Å²) in [7, 11) is 6.02. The van der Waals surface area contributed by atoms with Crippen LogP contribution >= 0.6 is 0 Å². The topological polar surface area (TPSA) is 31.2 Å². The maximum absolute atomic E-state index is 4.39. The first-order chi connectivity index (χ1) is 5.52. The maximum Gasteiger partial charge on any atom is 0.180 e. The van der Waals surface area contributed by atoms with Crippen LogP contribution in [0.2, 0.25) is 0 Å². The Hall–Kier alpha value is -0.900. The Morgan fingerprint density at radius 3 is 2.42 bits per heavy atom. The predicted octanol–water partition coefficient (Wildman–Crippen LogP) is 0.614. The van der Waals surface area contributed by atoms with Gasteiger partial charge in [-0.3, -0.25) is 4.90 Å². The van der Waals surface area contributed by atoms with Crippen molar-refractivity contribution in [3.8, 4) is 0 Å². The van der Waals surface area contributed by atoms with Crippen molar-refractivity contribution in [1.29, 1.82) is 0 Å². The van der Waals surface area contributed by atoms with Crippen LogP contribution in [0.1, 0.15) is 13.8 Å². The second kappa shape index (κ2) is 3.23. The van der Waals surface area contributed by atoms with Crippen LogP contribution in [0.15, 0.2) is 9.98 Å². The van der Waals surface area contributed by atoms with Gasteiger partial charge in [0.15, 0.2) is 6.29 Å². The van der Waals surface area contributed by atoms with Crippen molar-refractivity contribution in [3.63, 3.8) is 0 Å². The van der Waals surface area contributed by atoms with Gasteiger partial charge in [0.05, 0.1) is 0 Å². The molecule has 0 aromatic heterocycles. The van der Waals surface area contributed by atoms with Gasteiger partial charge in [-0.2, -0.15) is 0 Å². The highest BCUT2D eigenvalue weighted by Crippen LogP contribution is 2.08. The molecule has 1 unspecified atom stereocenters. The van der Waals surface area contributed by atoms with Crippen LogP contribution in [0.5, 0.6) is 0 Å². The van der Waals surface area contributed by atoms with Gasteiger partial charge < -0.3 is 4.90 Å². The summed E-state index contributed by atoms with van der Waals surface area (Å²) >= 11 is 0. The van der Waals surface area contributed by atoms with Gasteiger partial charge in [-0.1, -0.05) is 0 Å². The van der Waals surface area contributed by atoms with Crippen molar-refractivity contribution in [2.75, 3.05) is 21.1 Å². The molecule has 0 amide bonds. The molecule has 0 aromatic rings. The number of hydrogen-bond donors (Lipinski definition) is 0. The molecule has 1 rings (SSSR count). The Labute approximate surface area is 73.6 Å². The molecule has 0 aliphatic carbocycles. The second-order valence-electron chi connectivity index (χ2n) is 3.26. The van der Waals surface area contributed by atoms with E-state index in [-0.39, 0.29) is 6.29 Å². The van der Waals surface area contributed by atoms with Crippen LogP contribution in [-0.4, -0.2) is 48.9 Å². The normalized spacial score (nSPS) is 24.2. The summed E-state index contributed by atoms with van der Waals surface area (Å²) in [6.07, 6.45) is 0.0995. The van der Waals surface area contributed by atoms with E-state index in [2.05, 4.69) is 14.9 Å². The third kappa shape index (κ3) is 1.64. The molecule has 0 spiro atoms. The van der Waals surface area contributed by atoms with Crippen molar-refractivity contribution in [2.24, 2.45) is 9.98 Å². The van der Waals surface area contributed by atoms with E-state index in [4.69, 9.17) is 0 Å². The Kier molecular flexibility index (Phi) is 2.47. The smallest absolute Gasteiger partial charge is 0.180 e. The van der Waals surface area contributed by atoms with Crippen molar-refractivity contribution in [2.45, 2.75) is 20.1 Å². The first kappa shape index (κ1) is 9.19. The predicted molar refractivity (Wildman–Crippen MR) is 51.5 cm³/mol. The molecule has 1 atom stereocenters. The molecule has 0 fully saturated rings. The molecule has 4 nitrogen and oxygen atoms in total. The zero-order chi connectivity index (χ0) is 9.30. The molecule has 0 saturated carbocycles. The standard InChI is InChI=1S/C8H16N4/c1-6-9-7(2)12(5)8(10-6)11(3)4/h8H,1-5H3. The maximum atomic E-state index is 4.39. The monoisotopic (exact) mass is 168 g/mol. The fourth-order valence-electron chi connectivity index (χ4n) is 1.22. The molecule has 68 valence electrons. The van der Waals surface area contributed by atoms with Gasteiger partial charge in [-0.05, 0) is 27.9 Å². The van der Waals surface area contributed by atoms with Crippen LogP contribution in [0.4, 0.5) is 0 Å². The van der Waals surface area contributed by atoms with Crippen LogP contribution < -0.4 is 0 Å². The Morgan fingerprint density at radius 1 is 1.33 bits per heavy atom. The van der Waals surface area contributed by atoms with Crippen LogP contribution in [0.25, 0.3) is 0 Å². The fraction of sp³-hybridized carbons (Fsp3) is 0.750. The molecule has 1 heterocycles. The molecule has 1 aliphatic rings. The Morgan fingerprint density at radius 2 is 1.92 bits per heavy atom. The summed E-state index contributed by atoms with van der Waals surface area (Å²) in [6, 6.07) is 0. The highest BCUT2D eigenvalue weighted by molar-refractivity contribution is 5.96. The van der Waals surface area contributed by atoms with E-state index in [0.29, 0.717) is 0 Å². The van der Waals surface area contributed by atoms with Gasteiger partial charge >= 0.3 is 0 Å². The highest BCUT2D eigenvalue weighted by atomic mass is 15.4. The molecule has 0 saturated heterocycles. The van der Waals surface area contributed by atoms with Gasteiger partial charge in [-0.25, -0.2) is 9.98 Å². The van der Waals surface area contributed by atoms with E-state index in [0.717, 1.165) is 11.7 Å². The highest BCUT2D eigenvalue weighted by Gasteiger charge is 2.20. The molecule has 0 radical (unpaired) electrons. The van der Waals surface area contributed by atoms with E-state index in [1.165, 1.54) is 0 Å². The first-order valence-corrected chi connectivity index (χ1v) is 4.01. The van der Waals surface area contributed by atoms with Crippen molar-refractivity contribution in [3.05, 3.63) is 0 Å². The molecule has 4 heteroatoms. The zero-order valence-electron chi connectivity index (χ0n) is 8.37. The largest absolute Gasteiger partial charge is 0.329 e. The third-order valence-corrected chi connectivity index (χ3v) is 1.94.